The van der Waals surface area contributed by atoms with E-state index >= 15 is 0 Å². The van der Waals surface area contributed by atoms with Gasteiger partial charge in [0.15, 0.2) is 0 Å². The summed E-state index contributed by atoms with van der Waals surface area (Å²) in [6, 6.07) is 11.5. The number of carbonyl (C=O) groups is 1. The van der Waals surface area contributed by atoms with Crippen molar-refractivity contribution in [2.75, 3.05) is 44.2 Å². The molecule has 0 N–H and O–H groups in total. The number of para-hydroxylation sites is 1. The lowest BCUT2D eigenvalue weighted by Gasteiger charge is -2.36. The minimum absolute atomic E-state index is 0.172. The number of piperidine rings is 1. The van der Waals surface area contributed by atoms with Crippen molar-refractivity contribution in [1.29, 1.82) is 0 Å². The molecule has 2 heterocycles. The second-order valence-corrected chi connectivity index (χ2v) is 10.7. The van der Waals surface area contributed by atoms with Crippen molar-refractivity contribution in [1.82, 2.24) is 9.21 Å². The zero-order valence-electron chi connectivity index (χ0n) is 18.6. The van der Waals surface area contributed by atoms with Crippen LogP contribution in [-0.2, 0) is 10.0 Å². The molecular formula is C24H30FN3O3S. The number of anilines is 1. The summed E-state index contributed by atoms with van der Waals surface area (Å²) >= 11 is 0. The summed E-state index contributed by atoms with van der Waals surface area (Å²) in [7, 11) is -3.63. The molecule has 2 aromatic rings. The van der Waals surface area contributed by atoms with E-state index < -0.39 is 10.0 Å². The van der Waals surface area contributed by atoms with Gasteiger partial charge in [-0.15, -0.1) is 0 Å². The Morgan fingerprint density at radius 2 is 1.62 bits per heavy atom. The smallest absolute Gasteiger partial charge is 0.254 e. The number of carbonyl (C=O) groups excluding carboxylic acids is 1. The van der Waals surface area contributed by atoms with Crippen molar-refractivity contribution in [2.45, 2.75) is 31.6 Å². The van der Waals surface area contributed by atoms with E-state index in [9.17, 15) is 17.6 Å². The van der Waals surface area contributed by atoms with Crippen LogP contribution in [0.5, 0.6) is 0 Å². The molecule has 0 saturated carbocycles. The zero-order chi connectivity index (χ0) is 22.9. The lowest BCUT2D eigenvalue weighted by molar-refractivity contribution is 0.0745. The second-order valence-electron chi connectivity index (χ2n) is 8.79. The molecule has 32 heavy (non-hydrogen) atoms. The Morgan fingerprint density at radius 3 is 2.28 bits per heavy atom. The molecule has 0 aromatic heterocycles. The van der Waals surface area contributed by atoms with Gasteiger partial charge in [0.25, 0.3) is 5.91 Å². The van der Waals surface area contributed by atoms with Crippen LogP contribution in [0.1, 0.15) is 35.7 Å². The molecule has 2 aromatic carbocycles. The highest BCUT2D eigenvalue weighted by atomic mass is 32.2. The maximum atomic E-state index is 14.1. The first-order valence-electron chi connectivity index (χ1n) is 11.2. The second kappa shape index (κ2) is 9.19. The number of rotatable bonds is 4. The van der Waals surface area contributed by atoms with E-state index in [-0.39, 0.29) is 16.6 Å². The van der Waals surface area contributed by atoms with Crippen LogP contribution in [0.3, 0.4) is 0 Å². The van der Waals surface area contributed by atoms with Gasteiger partial charge in [-0.3, -0.25) is 4.79 Å². The predicted molar refractivity (Wildman–Crippen MR) is 123 cm³/mol. The summed E-state index contributed by atoms with van der Waals surface area (Å²) in [5, 5.41) is 0. The number of piperazine rings is 1. The fourth-order valence-electron chi connectivity index (χ4n) is 4.40. The third kappa shape index (κ3) is 4.52. The molecule has 4 rings (SSSR count). The zero-order valence-corrected chi connectivity index (χ0v) is 19.4. The van der Waals surface area contributed by atoms with Crippen molar-refractivity contribution in [3.05, 3.63) is 59.4 Å². The van der Waals surface area contributed by atoms with Gasteiger partial charge in [0.2, 0.25) is 10.0 Å². The summed E-state index contributed by atoms with van der Waals surface area (Å²) in [6.45, 7) is 6.93. The number of amides is 1. The van der Waals surface area contributed by atoms with Gasteiger partial charge < -0.3 is 9.80 Å². The third-order valence-electron chi connectivity index (χ3n) is 6.58. The highest BCUT2D eigenvalue weighted by Crippen LogP contribution is 2.26. The number of hydrogen-bond acceptors (Lipinski definition) is 4. The van der Waals surface area contributed by atoms with Gasteiger partial charge in [-0.05, 0) is 55.5 Å². The summed E-state index contributed by atoms with van der Waals surface area (Å²) in [4.78, 5) is 17.1. The van der Waals surface area contributed by atoms with E-state index in [0.717, 1.165) is 18.4 Å². The van der Waals surface area contributed by atoms with Gasteiger partial charge in [0.1, 0.15) is 5.82 Å². The van der Waals surface area contributed by atoms with Gasteiger partial charge in [0.05, 0.1) is 10.6 Å². The van der Waals surface area contributed by atoms with E-state index in [1.165, 1.54) is 16.4 Å². The lowest BCUT2D eigenvalue weighted by Crippen LogP contribution is -2.49. The van der Waals surface area contributed by atoms with Crippen molar-refractivity contribution in [2.24, 2.45) is 5.92 Å². The standard InChI is InChI=1S/C24H30FN3O3S/c1-18-9-11-28(12-10-18)32(30,31)20-8-7-19(2)21(17-20)24(29)27-15-13-26(14-16-27)23-6-4-3-5-22(23)25/h3-8,17-18H,9-16H2,1-2H3. The fourth-order valence-corrected chi connectivity index (χ4v) is 5.89. The van der Waals surface area contributed by atoms with Crippen LogP contribution < -0.4 is 4.90 Å². The molecule has 0 spiro atoms. The average molecular weight is 460 g/mol. The monoisotopic (exact) mass is 459 g/mol. The Morgan fingerprint density at radius 1 is 0.969 bits per heavy atom. The molecule has 2 saturated heterocycles. The molecule has 2 aliphatic rings. The summed E-state index contributed by atoms with van der Waals surface area (Å²) in [5.41, 5.74) is 1.70. The van der Waals surface area contributed by atoms with Gasteiger partial charge in [0, 0.05) is 44.8 Å². The summed E-state index contributed by atoms with van der Waals surface area (Å²) in [6.07, 6.45) is 1.70. The van der Waals surface area contributed by atoms with E-state index in [2.05, 4.69) is 6.92 Å². The van der Waals surface area contributed by atoms with Crippen molar-refractivity contribution in [3.63, 3.8) is 0 Å². The molecule has 172 valence electrons. The number of halogens is 1. The quantitative estimate of drug-likeness (QED) is 0.702. The normalized spacial score (nSPS) is 18.7. The number of nitrogens with zero attached hydrogens (tertiary/aromatic N) is 3. The predicted octanol–water partition coefficient (Wildman–Crippen LogP) is 3.52. The van der Waals surface area contributed by atoms with Crippen LogP contribution in [0.25, 0.3) is 0 Å². The number of benzene rings is 2. The minimum Gasteiger partial charge on any atom is -0.366 e. The highest BCUT2D eigenvalue weighted by molar-refractivity contribution is 7.89. The Kier molecular flexibility index (Phi) is 6.53. The first kappa shape index (κ1) is 22.7. The molecule has 0 atom stereocenters. The van der Waals surface area contributed by atoms with Crippen LogP contribution in [0.4, 0.5) is 10.1 Å². The summed E-state index contributed by atoms with van der Waals surface area (Å²) in [5.74, 6) is 0.0766. The van der Waals surface area contributed by atoms with Crippen molar-refractivity contribution in [3.8, 4) is 0 Å². The molecule has 6 nitrogen and oxygen atoms in total. The van der Waals surface area contributed by atoms with Crippen LogP contribution >= 0.6 is 0 Å². The fraction of sp³-hybridized carbons (Fsp3) is 0.458. The van der Waals surface area contributed by atoms with Gasteiger partial charge >= 0.3 is 0 Å². The molecule has 2 fully saturated rings. The molecule has 1 amide bonds. The third-order valence-corrected chi connectivity index (χ3v) is 8.47. The first-order valence-corrected chi connectivity index (χ1v) is 12.6. The molecule has 0 aliphatic carbocycles. The largest absolute Gasteiger partial charge is 0.366 e. The SMILES string of the molecule is Cc1ccc(S(=O)(=O)N2CCC(C)CC2)cc1C(=O)N1CCN(c2ccccc2F)CC1. The number of hydrogen-bond donors (Lipinski definition) is 0. The van der Waals surface area contributed by atoms with E-state index in [0.29, 0.717) is 56.4 Å². The van der Waals surface area contributed by atoms with E-state index in [1.807, 2.05) is 11.8 Å². The maximum Gasteiger partial charge on any atom is 0.254 e. The Hall–Kier alpha value is -2.45. The summed E-state index contributed by atoms with van der Waals surface area (Å²) < 4.78 is 41.9. The maximum absolute atomic E-state index is 14.1. The molecular weight excluding hydrogens is 429 g/mol. The van der Waals surface area contributed by atoms with Crippen molar-refractivity contribution < 1.29 is 17.6 Å². The van der Waals surface area contributed by atoms with Crippen LogP contribution in [-0.4, -0.2) is 62.8 Å². The number of aryl methyl sites for hydroxylation is 1. The number of sulfonamides is 1. The molecule has 0 radical (unpaired) electrons. The lowest BCUT2D eigenvalue weighted by atomic mass is 10.0. The first-order chi connectivity index (χ1) is 15.3. The average Bonchev–Trinajstić information content (AvgIpc) is 2.79. The topological polar surface area (TPSA) is 60.9 Å². The minimum atomic E-state index is -3.63. The van der Waals surface area contributed by atoms with E-state index in [1.54, 1.807) is 35.2 Å². The Labute approximate surface area is 189 Å². The van der Waals surface area contributed by atoms with Crippen LogP contribution in [0.15, 0.2) is 47.4 Å². The Bertz CT molecular complexity index is 1090. The molecule has 2 aliphatic heterocycles. The van der Waals surface area contributed by atoms with E-state index in [4.69, 9.17) is 0 Å². The molecule has 8 heteroatoms. The van der Waals surface area contributed by atoms with Crippen LogP contribution in [0.2, 0.25) is 0 Å². The highest BCUT2D eigenvalue weighted by Gasteiger charge is 2.30. The van der Waals surface area contributed by atoms with Gasteiger partial charge in [-0.25, -0.2) is 12.8 Å². The molecule has 0 unspecified atom stereocenters. The van der Waals surface area contributed by atoms with Gasteiger partial charge in [-0.2, -0.15) is 4.31 Å². The Balaban J connectivity index is 1.49. The van der Waals surface area contributed by atoms with Crippen LogP contribution in [0, 0.1) is 18.7 Å². The van der Waals surface area contributed by atoms with Gasteiger partial charge in [-0.1, -0.05) is 25.1 Å². The van der Waals surface area contributed by atoms with Crippen molar-refractivity contribution >= 4 is 21.6 Å². The molecule has 0 bridgehead atoms.